The van der Waals surface area contributed by atoms with Crippen LogP contribution < -0.4 is 4.74 Å². The third kappa shape index (κ3) is 4.10. The van der Waals surface area contributed by atoms with Crippen LogP contribution in [-0.4, -0.2) is 41.1 Å². The molecule has 0 aromatic heterocycles. The standard InChI is InChI=1S/C15H18FNO4.ClH/c1-2-12(21-13-6-4-3-5-11(13)16)14(18)17-8-7-10(9-17)15(19)20;/h3-6,10,12H,2,7-9H2,1H3,(H,19,20);1H. The van der Waals surface area contributed by atoms with Gasteiger partial charge in [-0.3, -0.25) is 9.59 Å². The number of aliphatic carboxylic acids is 1. The molecule has 0 bridgehead atoms. The molecule has 1 aliphatic heterocycles. The first-order chi connectivity index (χ1) is 10.0. The van der Waals surface area contributed by atoms with Gasteiger partial charge in [-0.25, -0.2) is 4.39 Å². The van der Waals surface area contributed by atoms with Crippen molar-refractivity contribution in [3.63, 3.8) is 0 Å². The first-order valence-electron chi connectivity index (χ1n) is 6.95. The molecule has 1 fully saturated rings. The summed E-state index contributed by atoms with van der Waals surface area (Å²) in [4.78, 5) is 24.8. The van der Waals surface area contributed by atoms with Crippen LogP contribution in [0.15, 0.2) is 24.3 Å². The molecule has 1 heterocycles. The zero-order valence-corrected chi connectivity index (χ0v) is 13.0. The van der Waals surface area contributed by atoms with E-state index in [2.05, 4.69) is 0 Å². The van der Waals surface area contributed by atoms with Crippen LogP contribution in [0.4, 0.5) is 4.39 Å². The largest absolute Gasteiger partial charge is 0.481 e. The number of carboxylic acid groups (broad SMARTS) is 1. The van der Waals surface area contributed by atoms with Gasteiger partial charge in [-0.15, -0.1) is 12.4 Å². The van der Waals surface area contributed by atoms with Crippen molar-refractivity contribution in [2.45, 2.75) is 25.9 Å². The Morgan fingerprint density at radius 2 is 2.14 bits per heavy atom. The Morgan fingerprint density at radius 3 is 2.68 bits per heavy atom. The molecular formula is C15H19ClFNO4. The minimum atomic E-state index is -0.895. The Morgan fingerprint density at radius 1 is 1.45 bits per heavy atom. The molecule has 1 aromatic carbocycles. The van der Waals surface area contributed by atoms with Crippen molar-refractivity contribution in [1.29, 1.82) is 0 Å². The first-order valence-corrected chi connectivity index (χ1v) is 6.95. The molecule has 1 N–H and O–H groups in total. The molecule has 2 unspecified atom stereocenters. The average molecular weight is 332 g/mol. The number of likely N-dealkylation sites (tertiary alicyclic amines) is 1. The molecule has 0 aliphatic carbocycles. The summed E-state index contributed by atoms with van der Waals surface area (Å²) in [6.45, 7) is 2.35. The van der Waals surface area contributed by atoms with Crippen LogP contribution in [0.2, 0.25) is 0 Å². The Hall–Kier alpha value is -1.82. The fraction of sp³-hybridized carbons (Fsp3) is 0.467. The highest BCUT2D eigenvalue weighted by Gasteiger charge is 2.34. The van der Waals surface area contributed by atoms with E-state index in [1.807, 2.05) is 0 Å². The highest BCUT2D eigenvalue weighted by molar-refractivity contribution is 5.85. The van der Waals surface area contributed by atoms with Gasteiger partial charge in [-0.2, -0.15) is 0 Å². The van der Waals surface area contributed by atoms with E-state index in [0.29, 0.717) is 19.4 Å². The van der Waals surface area contributed by atoms with Gasteiger partial charge in [0.1, 0.15) is 0 Å². The zero-order chi connectivity index (χ0) is 15.4. The number of carbonyl (C=O) groups is 2. The zero-order valence-electron chi connectivity index (χ0n) is 12.2. The lowest BCUT2D eigenvalue weighted by Gasteiger charge is -2.23. The first kappa shape index (κ1) is 18.2. The lowest BCUT2D eigenvalue weighted by Crippen LogP contribution is -2.41. The number of para-hydroxylation sites is 1. The summed E-state index contributed by atoms with van der Waals surface area (Å²) in [6, 6.07) is 5.91. The molecule has 1 saturated heterocycles. The topological polar surface area (TPSA) is 66.8 Å². The molecule has 7 heteroatoms. The van der Waals surface area contributed by atoms with Crippen LogP contribution in [0, 0.1) is 11.7 Å². The van der Waals surface area contributed by atoms with E-state index in [0.717, 1.165) is 0 Å². The number of rotatable bonds is 5. The van der Waals surface area contributed by atoms with Crippen molar-refractivity contribution in [3.05, 3.63) is 30.1 Å². The summed E-state index contributed by atoms with van der Waals surface area (Å²) in [7, 11) is 0. The van der Waals surface area contributed by atoms with E-state index in [9.17, 15) is 14.0 Å². The average Bonchev–Trinajstić information content (AvgIpc) is 2.96. The lowest BCUT2D eigenvalue weighted by molar-refractivity contribution is -0.142. The van der Waals surface area contributed by atoms with E-state index in [4.69, 9.17) is 9.84 Å². The second kappa shape index (κ2) is 7.98. The second-order valence-electron chi connectivity index (χ2n) is 5.05. The Balaban J connectivity index is 0.00000242. The number of halogens is 2. The highest BCUT2D eigenvalue weighted by atomic mass is 35.5. The number of nitrogens with zero attached hydrogens (tertiary/aromatic N) is 1. The van der Waals surface area contributed by atoms with Gasteiger partial charge in [0.2, 0.25) is 0 Å². The van der Waals surface area contributed by atoms with Gasteiger partial charge in [0, 0.05) is 13.1 Å². The molecular weight excluding hydrogens is 313 g/mol. The molecule has 0 saturated carbocycles. The third-order valence-electron chi connectivity index (χ3n) is 3.60. The van der Waals surface area contributed by atoms with E-state index in [1.54, 1.807) is 19.1 Å². The summed E-state index contributed by atoms with van der Waals surface area (Å²) in [5, 5.41) is 8.96. The summed E-state index contributed by atoms with van der Waals surface area (Å²) < 4.78 is 19.0. The van der Waals surface area contributed by atoms with Crippen molar-refractivity contribution in [2.24, 2.45) is 5.92 Å². The quantitative estimate of drug-likeness (QED) is 0.899. The van der Waals surface area contributed by atoms with E-state index < -0.39 is 23.8 Å². The van der Waals surface area contributed by atoms with Crippen LogP contribution in [0.5, 0.6) is 5.75 Å². The summed E-state index contributed by atoms with van der Waals surface area (Å²) in [5.74, 6) is -2.20. The predicted molar refractivity (Wildman–Crippen MR) is 80.7 cm³/mol. The normalized spacial score (nSPS) is 18.5. The maximum Gasteiger partial charge on any atom is 0.308 e. The number of benzene rings is 1. The van der Waals surface area contributed by atoms with Gasteiger partial charge in [-0.1, -0.05) is 19.1 Å². The summed E-state index contributed by atoms with van der Waals surface area (Å²) in [6.07, 6.45) is 0.0351. The number of amides is 1. The molecule has 5 nitrogen and oxygen atoms in total. The fourth-order valence-electron chi connectivity index (χ4n) is 2.37. The van der Waals surface area contributed by atoms with E-state index in [-0.39, 0.29) is 30.6 Å². The molecule has 2 rings (SSSR count). The SMILES string of the molecule is CCC(Oc1ccccc1F)C(=O)N1CCC(C(=O)O)C1.Cl. The third-order valence-corrected chi connectivity index (χ3v) is 3.60. The number of hydrogen-bond acceptors (Lipinski definition) is 3. The molecule has 2 atom stereocenters. The minimum Gasteiger partial charge on any atom is -0.481 e. The Labute approximate surface area is 134 Å². The van der Waals surface area contributed by atoms with Crippen molar-refractivity contribution in [3.8, 4) is 5.75 Å². The fourth-order valence-corrected chi connectivity index (χ4v) is 2.37. The molecule has 0 radical (unpaired) electrons. The van der Waals surface area contributed by atoms with Crippen molar-refractivity contribution in [1.82, 2.24) is 4.90 Å². The molecule has 1 amide bonds. The van der Waals surface area contributed by atoms with Crippen molar-refractivity contribution in [2.75, 3.05) is 13.1 Å². The van der Waals surface area contributed by atoms with Gasteiger partial charge in [0.15, 0.2) is 17.7 Å². The Bertz CT molecular complexity index is 540. The number of ether oxygens (including phenoxy) is 1. The van der Waals surface area contributed by atoms with Crippen LogP contribution in [0.1, 0.15) is 19.8 Å². The number of carbonyl (C=O) groups excluding carboxylic acids is 1. The molecule has 22 heavy (non-hydrogen) atoms. The van der Waals surface area contributed by atoms with Crippen LogP contribution in [0.25, 0.3) is 0 Å². The van der Waals surface area contributed by atoms with Crippen LogP contribution in [0.3, 0.4) is 0 Å². The van der Waals surface area contributed by atoms with Crippen molar-refractivity contribution >= 4 is 24.3 Å². The lowest BCUT2D eigenvalue weighted by atomic mass is 10.1. The molecule has 0 spiro atoms. The summed E-state index contributed by atoms with van der Waals surface area (Å²) >= 11 is 0. The number of carboxylic acids is 1. The van der Waals surface area contributed by atoms with Gasteiger partial charge >= 0.3 is 5.97 Å². The minimum absolute atomic E-state index is 0. The predicted octanol–water partition coefficient (Wildman–Crippen LogP) is 2.34. The maximum atomic E-state index is 13.6. The van der Waals surface area contributed by atoms with Crippen LogP contribution in [-0.2, 0) is 9.59 Å². The molecule has 1 aliphatic rings. The highest BCUT2D eigenvalue weighted by Crippen LogP contribution is 2.22. The van der Waals surface area contributed by atoms with Crippen LogP contribution >= 0.6 is 12.4 Å². The second-order valence-corrected chi connectivity index (χ2v) is 5.05. The van der Waals surface area contributed by atoms with E-state index >= 15 is 0 Å². The molecule has 122 valence electrons. The van der Waals surface area contributed by atoms with Gasteiger partial charge in [0.05, 0.1) is 5.92 Å². The number of hydrogen-bond donors (Lipinski definition) is 1. The van der Waals surface area contributed by atoms with Gasteiger partial charge in [0.25, 0.3) is 5.91 Å². The Kier molecular flexibility index (Phi) is 6.61. The maximum absolute atomic E-state index is 13.6. The smallest absolute Gasteiger partial charge is 0.308 e. The summed E-state index contributed by atoms with van der Waals surface area (Å²) in [5.41, 5.74) is 0. The van der Waals surface area contributed by atoms with Gasteiger partial charge < -0.3 is 14.7 Å². The molecule has 1 aromatic rings. The van der Waals surface area contributed by atoms with Crippen molar-refractivity contribution < 1.29 is 23.8 Å². The van der Waals surface area contributed by atoms with Gasteiger partial charge in [-0.05, 0) is 25.0 Å². The van der Waals surface area contributed by atoms with E-state index in [1.165, 1.54) is 17.0 Å². The monoisotopic (exact) mass is 331 g/mol.